The van der Waals surface area contributed by atoms with Gasteiger partial charge in [-0.25, -0.2) is 14.5 Å². The van der Waals surface area contributed by atoms with Crippen LogP contribution >= 0.6 is 0 Å². The third-order valence-corrected chi connectivity index (χ3v) is 3.84. The number of fused-ring (bicyclic) bond motifs is 3. The number of para-hydroxylation sites is 3. The van der Waals surface area contributed by atoms with Gasteiger partial charge in [-0.3, -0.25) is 0 Å². The van der Waals surface area contributed by atoms with Gasteiger partial charge in [0.25, 0.3) is 0 Å². The van der Waals surface area contributed by atoms with E-state index in [1.54, 1.807) is 18.0 Å². The molecule has 2 aromatic heterocycles. The zero-order valence-corrected chi connectivity index (χ0v) is 13.4. The van der Waals surface area contributed by atoms with Crippen LogP contribution < -0.4 is 9.47 Å². The van der Waals surface area contributed by atoms with Crippen LogP contribution in [-0.4, -0.2) is 26.7 Å². The van der Waals surface area contributed by atoms with E-state index in [2.05, 4.69) is 15.1 Å². The van der Waals surface area contributed by atoms with Crippen molar-refractivity contribution in [1.82, 2.24) is 19.6 Å². The number of benzene rings is 2. The molecule has 24 heavy (non-hydrogen) atoms. The summed E-state index contributed by atoms with van der Waals surface area (Å²) in [6.07, 6.45) is 1.35. The molecule has 0 aliphatic rings. The van der Waals surface area contributed by atoms with Gasteiger partial charge in [0, 0.05) is 5.39 Å². The molecule has 2 aromatic carbocycles. The molecule has 1 atom stereocenters. The Balaban J connectivity index is 1.72. The lowest BCUT2D eigenvalue weighted by Crippen LogP contribution is -2.06. The number of ether oxygens (including phenoxy) is 2. The molecule has 120 valence electrons. The third-order valence-electron chi connectivity index (χ3n) is 3.84. The second-order valence-corrected chi connectivity index (χ2v) is 5.41. The molecule has 0 radical (unpaired) electrons. The molecule has 0 saturated carbocycles. The maximum absolute atomic E-state index is 5.98. The molecule has 2 heterocycles. The van der Waals surface area contributed by atoms with Crippen molar-refractivity contribution in [3.8, 4) is 11.5 Å². The van der Waals surface area contributed by atoms with Crippen LogP contribution in [-0.2, 0) is 0 Å². The lowest BCUT2D eigenvalue weighted by atomic mass is 10.2. The van der Waals surface area contributed by atoms with Gasteiger partial charge in [-0.1, -0.05) is 24.3 Å². The Morgan fingerprint density at radius 3 is 2.58 bits per heavy atom. The minimum absolute atomic E-state index is 0.319. The molecule has 6 heteroatoms. The van der Waals surface area contributed by atoms with E-state index >= 15 is 0 Å². The topological polar surface area (TPSA) is 61.5 Å². The molecular weight excluding hydrogens is 304 g/mol. The highest BCUT2D eigenvalue weighted by Gasteiger charge is 2.17. The molecule has 0 saturated heterocycles. The number of rotatable bonds is 4. The first-order chi connectivity index (χ1) is 11.8. The molecule has 0 spiro atoms. The second-order valence-electron chi connectivity index (χ2n) is 5.41. The number of nitrogens with zero attached hydrogens (tertiary/aromatic N) is 4. The number of hydrogen-bond acceptors (Lipinski definition) is 5. The third kappa shape index (κ3) is 2.42. The molecule has 0 bridgehead atoms. The summed E-state index contributed by atoms with van der Waals surface area (Å²) in [5.41, 5.74) is 1.66. The first kappa shape index (κ1) is 14.4. The van der Waals surface area contributed by atoms with Crippen molar-refractivity contribution in [3.63, 3.8) is 0 Å². The Bertz CT molecular complexity index is 1010. The highest BCUT2D eigenvalue weighted by Crippen LogP contribution is 2.30. The summed E-state index contributed by atoms with van der Waals surface area (Å²) in [5.74, 6) is 1.94. The predicted molar refractivity (Wildman–Crippen MR) is 90.3 cm³/mol. The Kier molecular flexibility index (Phi) is 3.49. The van der Waals surface area contributed by atoms with Crippen molar-refractivity contribution in [2.24, 2.45) is 0 Å². The Labute approximate surface area is 138 Å². The molecule has 4 aromatic rings. The van der Waals surface area contributed by atoms with Crippen molar-refractivity contribution in [1.29, 1.82) is 0 Å². The van der Waals surface area contributed by atoms with E-state index in [4.69, 9.17) is 9.47 Å². The minimum Gasteiger partial charge on any atom is -0.493 e. The molecule has 4 rings (SSSR count). The average Bonchev–Trinajstić information content (AvgIpc) is 3.07. The highest BCUT2D eigenvalue weighted by atomic mass is 16.5. The summed E-state index contributed by atoms with van der Waals surface area (Å²) in [6.45, 7) is 1.91. The van der Waals surface area contributed by atoms with Crippen molar-refractivity contribution in [2.45, 2.75) is 13.0 Å². The minimum atomic E-state index is -0.319. The largest absolute Gasteiger partial charge is 0.493 e. The van der Waals surface area contributed by atoms with Crippen molar-refractivity contribution in [2.75, 3.05) is 7.11 Å². The molecule has 0 aliphatic carbocycles. The number of hydrogen-bond donors (Lipinski definition) is 0. The monoisotopic (exact) mass is 320 g/mol. The van der Waals surface area contributed by atoms with Gasteiger partial charge in [-0.2, -0.15) is 0 Å². The zero-order valence-electron chi connectivity index (χ0n) is 13.4. The first-order valence-corrected chi connectivity index (χ1v) is 7.66. The average molecular weight is 320 g/mol. The van der Waals surface area contributed by atoms with Gasteiger partial charge in [0.15, 0.2) is 29.1 Å². The van der Waals surface area contributed by atoms with Gasteiger partial charge in [0.1, 0.15) is 6.33 Å². The Morgan fingerprint density at radius 2 is 1.75 bits per heavy atom. The summed E-state index contributed by atoms with van der Waals surface area (Å²) >= 11 is 0. The lowest BCUT2D eigenvalue weighted by molar-refractivity contribution is 0.206. The standard InChI is InChI=1S/C18H16N4O2/c1-12(24-16-10-6-5-9-15(16)23-2)17-20-18-13-7-3-4-8-14(13)19-11-22(18)21-17/h3-12H,1-2H3. The van der Waals surface area contributed by atoms with Gasteiger partial charge in [0.05, 0.1) is 12.6 Å². The van der Waals surface area contributed by atoms with E-state index in [0.717, 1.165) is 16.6 Å². The van der Waals surface area contributed by atoms with Crippen LogP contribution in [0.15, 0.2) is 54.9 Å². The lowest BCUT2D eigenvalue weighted by Gasteiger charge is -2.14. The quantitative estimate of drug-likeness (QED) is 0.576. The van der Waals surface area contributed by atoms with Crippen LogP contribution in [0.2, 0.25) is 0 Å². The fourth-order valence-corrected chi connectivity index (χ4v) is 2.63. The zero-order chi connectivity index (χ0) is 16.5. The summed E-state index contributed by atoms with van der Waals surface area (Å²) in [7, 11) is 1.62. The summed E-state index contributed by atoms with van der Waals surface area (Å²) in [4.78, 5) is 9.03. The normalized spacial score (nSPS) is 12.4. The van der Waals surface area contributed by atoms with Crippen LogP contribution in [0.25, 0.3) is 16.6 Å². The van der Waals surface area contributed by atoms with Crippen molar-refractivity contribution < 1.29 is 9.47 Å². The van der Waals surface area contributed by atoms with Crippen LogP contribution in [0.5, 0.6) is 11.5 Å². The van der Waals surface area contributed by atoms with Gasteiger partial charge < -0.3 is 9.47 Å². The van der Waals surface area contributed by atoms with Crippen LogP contribution in [0.4, 0.5) is 0 Å². The SMILES string of the molecule is COc1ccccc1OC(C)c1nc2c3ccccc3ncn2n1. The fourth-order valence-electron chi connectivity index (χ4n) is 2.63. The van der Waals surface area contributed by atoms with Crippen LogP contribution in [0, 0.1) is 0 Å². The predicted octanol–water partition coefficient (Wildman–Crippen LogP) is 3.43. The van der Waals surface area contributed by atoms with E-state index in [9.17, 15) is 0 Å². The highest BCUT2D eigenvalue weighted by molar-refractivity contribution is 5.90. The summed E-state index contributed by atoms with van der Waals surface area (Å²) in [6, 6.07) is 15.4. The van der Waals surface area contributed by atoms with Gasteiger partial charge in [-0.15, -0.1) is 5.10 Å². The fraction of sp³-hybridized carbons (Fsp3) is 0.167. The van der Waals surface area contributed by atoms with E-state index < -0.39 is 0 Å². The number of methoxy groups -OCH3 is 1. The summed E-state index contributed by atoms with van der Waals surface area (Å²) < 4.78 is 13.0. The van der Waals surface area contributed by atoms with E-state index in [0.29, 0.717) is 17.3 Å². The van der Waals surface area contributed by atoms with E-state index in [1.807, 2.05) is 55.5 Å². The van der Waals surface area contributed by atoms with Crippen LogP contribution in [0.3, 0.4) is 0 Å². The van der Waals surface area contributed by atoms with E-state index in [1.165, 1.54) is 0 Å². The first-order valence-electron chi connectivity index (χ1n) is 7.66. The molecule has 0 fully saturated rings. The summed E-state index contributed by atoms with van der Waals surface area (Å²) in [5, 5.41) is 5.45. The Hall–Kier alpha value is -3.15. The van der Waals surface area contributed by atoms with Crippen LogP contribution in [0.1, 0.15) is 18.9 Å². The molecule has 0 N–H and O–H groups in total. The smallest absolute Gasteiger partial charge is 0.192 e. The molecular formula is C18H16N4O2. The van der Waals surface area contributed by atoms with E-state index in [-0.39, 0.29) is 6.10 Å². The molecule has 0 amide bonds. The van der Waals surface area contributed by atoms with Gasteiger partial charge >= 0.3 is 0 Å². The second kappa shape index (κ2) is 5.81. The Morgan fingerprint density at radius 1 is 1.00 bits per heavy atom. The van der Waals surface area contributed by atoms with Gasteiger partial charge in [0.2, 0.25) is 0 Å². The maximum atomic E-state index is 5.98. The number of aromatic nitrogens is 4. The maximum Gasteiger partial charge on any atom is 0.192 e. The molecule has 0 aliphatic heterocycles. The van der Waals surface area contributed by atoms with Gasteiger partial charge in [-0.05, 0) is 31.2 Å². The van der Waals surface area contributed by atoms with Crippen molar-refractivity contribution >= 4 is 16.6 Å². The van der Waals surface area contributed by atoms with Crippen molar-refractivity contribution in [3.05, 3.63) is 60.7 Å². The molecule has 1 unspecified atom stereocenters. The molecule has 6 nitrogen and oxygen atoms in total.